The fourth-order valence-corrected chi connectivity index (χ4v) is 4.56. The standard InChI is InChI=1S/C26H48N6O6/c1-14(2)10-17(27)23(35)29-18(11-15(3)4)24(36)30-19(12-16(5)6)25(37)31-20(13-33)26(38)32-9-7-8-21(32)22(28)34/h14-21,33H,7-13,27H2,1-6H3,(H2,28,34)(H,29,35)(H,30,36)(H,31,37)/t17-,18-,19-,20-,21-/m0/s1. The summed E-state index contributed by atoms with van der Waals surface area (Å²) in [5.41, 5.74) is 11.4. The second-order valence-corrected chi connectivity index (χ2v) is 11.5. The molecule has 12 heteroatoms. The average Bonchev–Trinajstić information content (AvgIpc) is 3.30. The van der Waals surface area contributed by atoms with Crippen molar-refractivity contribution in [2.75, 3.05) is 13.2 Å². The molecule has 1 aliphatic rings. The zero-order valence-electron chi connectivity index (χ0n) is 23.7. The maximum absolute atomic E-state index is 13.2. The summed E-state index contributed by atoms with van der Waals surface area (Å²) in [6, 6.07) is -4.78. The van der Waals surface area contributed by atoms with Crippen LogP contribution in [0.3, 0.4) is 0 Å². The molecule has 0 aromatic heterocycles. The van der Waals surface area contributed by atoms with Gasteiger partial charge >= 0.3 is 0 Å². The van der Waals surface area contributed by atoms with E-state index in [1.165, 1.54) is 4.90 Å². The number of aliphatic hydroxyl groups excluding tert-OH is 1. The van der Waals surface area contributed by atoms with Gasteiger partial charge in [-0.2, -0.15) is 0 Å². The number of amides is 5. The predicted molar refractivity (Wildman–Crippen MR) is 143 cm³/mol. The van der Waals surface area contributed by atoms with Crippen LogP contribution in [0.4, 0.5) is 0 Å². The molecule has 0 radical (unpaired) electrons. The molecule has 12 nitrogen and oxygen atoms in total. The van der Waals surface area contributed by atoms with Crippen LogP contribution in [-0.2, 0) is 24.0 Å². The number of nitrogens with zero attached hydrogens (tertiary/aromatic N) is 1. The van der Waals surface area contributed by atoms with Gasteiger partial charge in [0.25, 0.3) is 0 Å². The van der Waals surface area contributed by atoms with Crippen LogP contribution in [0.5, 0.6) is 0 Å². The van der Waals surface area contributed by atoms with Gasteiger partial charge in [0.05, 0.1) is 12.6 Å². The van der Waals surface area contributed by atoms with Gasteiger partial charge < -0.3 is 37.4 Å². The van der Waals surface area contributed by atoms with Crippen LogP contribution < -0.4 is 27.4 Å². The molecule has 1 heterocycles. The highest BCUT2D eigenvalue weighted by atomic mass is 16.3. The van der Waals surface area contributed by atoms with Gasteiger partial charge in [-0.3, -0.25) is 24.0 Å². The highest BCUT2D eigenvalue weighted by molar-refractivity contribution is 5.96. The lowest BCUT2D eigenvalue weighted by atomic mass is 9.99. The molecule has 0 unspecified atom stereocenters. The Hall–Kier alpha value is -2.73. The van der Waals surface area contributed by atoms with E-state index < -0.39 is 66.4 Å². The van der Waals surface area contributed by atoms with Gasteiger partial charge in [-0.05, 0) is 49.9 Å². The molecular weight excluding hydrogens is 492 g/mol. The zero-order chi connectivity index (χ0) is 29.2. The number of carbonyl (C=O) groups is 5. The van der Waals surface area contributed by atoms with Crippen molar-refractivity contribution in [1.82, 2.24) is 20.9 Å². The molecule has 1 fully saturated rings. The van der Waals surface area contributed by atoms with Crippen LogP contribution in [0.25, 0.3) is 0 Å². The molecule has 1 aliphatic heterocycles. The first-order chi connectivity index (χ1) is 17.7. The summed E-state index contributed by atoms with van der Waals surface area (Å²) in [6.07, 6.45) is 2.06. The van der Waals surface area contributed by atoms with Gasteiger partial charge in [-0.1, -0.05) is 41.5 Å². The van der Waals surface area contributed by atoms with E-state index in [-0.39, 0.29) is 24.2 Å². The molecular formula is C26H48N6O6. The Kier molecular flexibility index (Phi) is 13.7. The lowest BCUT2D eigenvalue weighted by Gasteiger charge is -2.29. The Morgan fingerprint density at radius 1 is 0.789 bits per heavy atom. The van der Waals surface area contributed by atoms with E-state index in [9.17, 15) is 29.1 Å². The van der Waals surface area contributed by atoms with Crippen LogP contribution in [0.15, 0.2) is 0 Å². The van der Waals surface area contributed by atoms with Crippen molar-refractivity contribution in [3.05, 3.63) is 0 Å². The Morgan fingerprint density at radius 3 is 1.66 bits per heavy atom. The molecule has 0 saturated carbocycles. The monoisotopic (exact) mass is 540 g/mol. The predicted octanol–water partition coefficient (Wildman–Crippen LogP) is -0.625. The van der Waals surface area contributed by atoms with E-state index in [2.05, 4.69) is 16.0 Å². The number of nitrogens with two attached hydrogens (primary N) is 2. The second-order valence-electron chi connectivity index (χ2n) is 11.5. The summed E-state index contributed by atoms with van der Waals surface area (Å²) < 4.78 is 0. The molecule has 0 aliphatic carbocycles. The number of hydrogen-bond acceptors (Lipinski definition) is 7. The van der Waals surface area contributed by atoms with Crippen molar-refractivity contribution in [1.29, 1.82) is 0 Å². The minimum absolute atomic E-state index is 0.00440. The number of nitrogens with one attached hydrogen (secondary N) is 3. The van der Waals surface area contributed by atoms with E-state index >= 15 is 0 Å². The van der Waals surface area contributed by atoms with Crippen molar-refractivity contribution in [3.63, 3.8) is 0 Å². The number of hydrogen-bond donors (Lipinski definition) is 6. The second kappa shape index (κ2) is 15.6. The van der Waals surface area contributed by atoms with E-state index in [1.807, 2.05) is 41.5 Å². The molecule has 0 spiro atoms. The van der Waals surface area contributed by atoms with Gasteiger partial charge in [0.15, 0.2) is 0 Å². The third kappa shape index (κ3) is 10.6. The van der Waals surface area contributed by atoms with Gasteiger partial charge in [0, 0.05) is 6.54 Å². The molecule has 1 rings (SSSR count). The number of rotatable bonds is 15. The lowest BCUT2D eigenvalue weighted by Crippen LogP contribution is -2.59. The number of aliphatic hydroxyl groups is 1. The van der Waals surface area contributed by atoms with Gasteiger partial charge in [-0.25, -0.2) is 0 Å². The molecule has 5 atom stereocenters. The van der Waals surface area contributed by atoms with Gasteiger partial charge in [0.2, 0.25) is 29.5 Å². The lowest BCUT2D eigenvalue weighted by molar-refractivity contribution is -0.142. The summed E-state index contributed by atoms with van der Waals surface area (Å²) in [4.78, 5) is 65.0. The highest BCUT2D eigenvalue weighted by Gasteiger charge is 2.37. The van der Waals surface area contributed by atoms with Crippen LogP contribution in [-0.4, -0.2) is 82.9 Å². The molecule has 8 N–H and O–H groups in total. The SMILES string of the molecule is CC(C)C[C@H](NC(=O)[C@H](CC(C)C)NC(=O)[C@@H](N)CC(C)C)C(=O)N[C@@H](CO)C(=O)N1CCC[C@H]1C(N)=O. The van der Waals surface area contributed by atoms with Crippen molar-refractivity contribution in [2.24, 2.45) is 29.2 Å². The molecule has 218 valence electrons. The number of carbonyl (C=O) groups excluding carboxylic acids is 5. The van der Waals surface area contributed by atoms with E-state index in [1.54, 1.807) is 0 Å². The minimum atomic E-state index is -1.30. The average molecular weight is 541 g/mol. The Balaban J connectivity index is 3.01. The van der Waals surface area contributed by atoms with Gasteiger partial charge in [-0.15, -0.1) is 0 Å². The fraction of sp³-hybridized carbons (Fsp3) is 0.808. The Labute approximate surface area is 226 Å². The maximum Gasteiger partial charge on any atom is 0.248 e. The molecule has 1 saturated heterocycles. The summed E-state index contributed by atoms with van der Waals surface area (Å²) in [5.74, 6) is -2.61. The molecule has 5 amide bonds. The van der Waals surface area contributed by atoms with Crippen molar-refractivity contribution in [3.8, 4) is 0 Å². The normalized spacial score (nSPS) is 18.7. The smallest absolute Gasteiger partial charge is 0.248 e. The van der Waals surface area contributed by atoms with Crippen LogP contribution >= 0.6 is 0 Å². The van der Waals surface area contributed by atoms with E-state index in [0.29, 0.717) is 32.2 Å². The van der Waals surface area contributed by atoms with E-state index in [4.69, 9.17) is 11.5 Å². The summed E-state index contributed by atoms with van der Waals surface area (Å²) in [7, 11) is 0. The van der Waals surface area contributed by atoms with Crippen LogP contribution in [0.1, 0.15) is 73.6 Å². The molecule has 0 aromatic carbocycles. The topological polar surface area (TPSA) is 197 Å². The molecule has 38 heavy (non-hydrogen) atoms. The highest BCUT2D eigenvalue weighted by Crippen LogP contribution is 2.18. The summed E-state index contributed by atoms with van der Waals surface area (Å²) in [6.45, 7) is 11.1. The maximum atomic E-state index is 13.2. The van der Waals surface area contributed by atoms with Crippen molar-refractivity contribution >= 4 is 29.5 Å². The Bertz CT molecular complexity index is 833. The quantitative estimate of drug-likeness (QED) is 0.159. The molecule has 0 bridgehead atoms. The number of likely N-dealkylation sites (tertiary alicyclic amines) is 1. The first kappa shape index (κ1) is 33.3. The first-order valence-corrected chi connectivity index (χ1v) is 13.5. The van der Waals surface area contributed by atoms with Crippen molar-refractivity contribution < 1.29 is 29.1 Å². The third-order valence-electron chi connectivity index (χ3n) is 6.40. The van der Waals surface area contributed by atoms with E-state index in [0.717, 1.165) is 0 Å². The first-order valence-electron chi connectivity index (χ1n) is 13.5. The van der Waals surface area contributed by atoms with Crippen LogP contribution in [0.2, 0.25) is 0 Å². The summed E-state index contributed by atoms with van der Waals surface area (Å²) >= 11 is 0. The zero-order valence-corrected chi connectivity index (χ0v) is 23.7. The van der Waals surface area contributed by atoms with Gasteiger partial charge in [0.1, 0.15) is 24.2 Å². The summed E-state index contributed by atoms with van der Waals surface area (Å²) in [5, 5.41) is 17.8. The van der Waals surface area contributed by atoms with Crippen LogP contribution in [0, 0.1) is 17.8 Å². The largest absolute Gasteiger partial charge is 0.394 e. The fourth-order valence-electron chi connectivity index (χ4n) is 4.56. The molecule has 0 aromatic rings. The third-order valence-corrected chi connectivity index (χ3v) is 6.40. The van der Waals surface area contributed by atoms with Crippen molar-refractivity contribution in [2.45, 2.75) is 104 Å². The Morgan fingerprint density at radius 2 is 1.24 bits per heavy atom. The number of primary amides is 1. The minimum Gasteiger partial charge on any atom is -0.394 e.